The minimum absolute atomic E-state index is 0.320. The van der Waals surface area contributed by atoms with Crippen LogP contribution in [0.3, 0.4) is 0 Å². The first-order valence-electron chi connectivity index (χ1n) is 7.45. The highest BCUT2D eigenvalue weighted by atomic mass is 35.5. The molecule has 2 N–H and O–H groups in total. The highest BCUT2D eigenvalue weighted by Crippen LogP contribution is 2.28. The quantitative estimate of drug-likeness (QED) is 0.720. The predicted octanol–water partition coefficient (Wildman–Crippen LogP) is 4.13. The first kappa shape index (κ1) is 16.7. The minimum Gasteiger partial charge on any atom is -0.495 e. The summed E-state index contributed by atoms with van der Waals surface area (Å²) in [7, 11) is 1.52. The van der Waals surface area contributed by atoms with Crippen LogP contribution in [-0.4, -0.2) is 23.0 Å². The maximum atomic E-state index is 12.4. The van der Waals surface area contributed by atoms with Gasteiger partial charge in [0.05, 0.1) is 18.4 Å². The molecule has 1 heterocycles. The van der Waals surface area contributed by atoms with Crippen molar-refractivity contribution in [3.05, 3.63) is 71.5 Å². The molecule has 0 fully saturated rings. The van der Waals surface area contributed by atoms with Crippen LogP contribution in [0, 0.1) is 0 Å². The summed E-state index contributed by atoms with van der Waals surface area (Å²) in [6.07, 6.45) is 2.90. The Bertz CT molecular complexity index is 870. The fraction of sp³-hybridized carbons (Fsp3) is 0.0556. The number of aromatic nitrogens is 2. The number of ether oxygens (including phenoxy) is 1. The summed E-state index contributed by atoms with van der Waals surface area (Å²) in [6.45, 7) is 0. The average Bonchev–Trinajstić information content (AvgIpc) is 2.63. The van der Waals surface area contributed by atoms with Crippen molar-refractivity contribution >= 4 is 34.8 Å². The van der Waals surface area contributed by atoms with Gasteiger partial charge in [0, 0.05) is 23.1 Å². The molecule has 0 bridgehead atoms. The number of hydrogen-bond acceptors (Lipinski definition) is 5. The maximum Gasteiger partial charge on any atom is 0.258 e. The molecule has 0 aliphatic heterocycles. The Kier molecular flexibility index (Phi) is 5.11. The second-order valence-electron chi connectivity index (χ2n) is 5.09. The molecule has 1 aromatic heterocycles. The fourth-order valence-corrected chi connectivity index (χ4v) is 2.30. The number of halogens is 1. The van der Waals surface area contributed by atoms with Gasteiger partial charge in [0.15, 0.2) is 0 Å². The van der Waals surface area contributed by atoms with E-state index in [0.29, 0.717) is 28.0 Å². The van der Waals surface area contributed by atoms with Gasteiger partial charge in [-0.3, -0.25) is 4.79 Å². The Morgan fingerprint density at radius 3 is 2.48 bits per heavy atom. The number of benzene rings is 2. The number of amides is 1. The number of rotatable bonds is 5. The highest BCUT2D eigenvalue weighted by Gasteiger charge is 2.11. The summed E-state index contributed by atoms with van der Waals surface area (Å²) < 4.78 is 5.21. The largest absolute Gasteiger partial charge is 0.495 e. The molecule has 7 heteroatoms. The molecular formula is C18H15ClN4O2. The van der Waals surface area contributed by atoms with E-state index >= 15 is 0 Å². The van der Waals surface area contributed by atoms with Gasteiger partial charge in [0.1, 0.15) is 5.75 Å². The lowest BCUT2D eigenvalue weighted by Gasteiger charge is -2.10. The number of nitrogens with zero attached hydrogens (tertiary/aromatic N) is 2. The van der Waals surface area contributed by atoms with E-state index in [-0.39, 0.29) is 5.91 Å². The number of nitrogens with one attached hydrogen (secondary N) is 2. The van der Waals surface area contributed by atoms with Crippen LogP contribution in [0.4, 0.5) is 17.3 Å². The van der Waals surface area contributed by atoms with Gasteiger partial charge in [-0.05, 0) is 30.3 Å². The molecule has 3 aromatic rings. The Balaban J connectivity index is 1.72. The average molecular weight is 355 g/mol. The zero-order valence-electron chi connectivity index (χ0n) is 13.4. The predicted molar refractivity (Wildman–Crippen MR) is 97.7 cm³/mol. The van der Waals surface area contributed by atoms with Gasteiger partial charge >= 0.3 is 0 Å². The van der Waals surface area contributed by atoms with E-state index < -0.39 is 0 Å². The molecular weight excluding hydrogens is 340 g/mol. The lowest BCUT2D eigenvalue weighted by molar-refractivity contribution is 0.102. The molecule has 3 rings (SSSR count). The number of methoxy groups -OCH3 is 1. The number of hydrogen-bond donors (Lipinski definition) is 2. The van der Waals surface area contributed by atoms with Crippen molar-refractivity contribution in [2.24, 2.45) is 0 Å². The SMILES string of the molecule is COc1ccc(Cl)cc1NC(=O)c1cnc(Nc2ccccc2)nc1. The van der Waals surface area contributed by atoms with Gasteiger partial charge in [-0.25, -0.2) is 9.97 Å². The third-order valence-corrected chi connectivity index (χ3v) is 3.59. The van der Waals surface area contributed by atoms with E-state index in [4.69, 9.17) is 16.3 Å². The lowest BCUT2D eigenvalue weighted by Crippen LogP contribution is -2.13. The van der Waals surface area contributed by atoms with E-state index in [2.05, 4.69) is 20.6 Å². The molecule has 0 saturated heterocycles. The molecule has 0 saturated carbocycles. The molecule has 0 unspecified atom stereocenters. The molecule has 1 amide bonds. The number of carbonyl (C=O) groups is 1. The van der Waals surface area contributed by atoms with Gasteiger partial charge in [-0.1, -0.05) is 29.8 Å². The Morgan fingerprint density at radius 2 is 1.80 bits per heavy atom. The van der Waals surface area contributed by atoms with Crippen LogP contribution in [-0.2, 0) is 0 Å². The third kappa shape index (κ3) is 4.24. The third-order valence-electron chi connectivity index (χ3n) is 3.35. The van der Waals surface area contributed by atoms with E-state index in [1.165, 1.54) is 19.5 Å². The molecule has 0 aliphatic carbocycles. The van der Waals surface area contributed by atoms with Gasteiger partial charge in [-0.15, -0.1) is 0 Å². The highest BCUT2D eigenvalue weighted by molar-refractivity contribution is 6.31. The van der Waals surface area contributed by atoms with Crippen LogP contribution < -0.4 is 15.4 Å². The fourth-order valence-electron chi connectivity index (χ4n) is 2.13. The van der Waals surface area contributed by atoms with Crippen molar-refractivity contribution < 1.29 is 9.53 Å². The topological polar surface area (TPSA) is 76.1 Å². The summed E-state index contributed by atoms with van der Waals surface area (Å²) in [4.78, 5) is 20.7. The molecule has 126 valence electrons. The zero-order valence-corrected chi connectivity index (χ0v) is 14.1. The number of carbonyl (C=O) groups excluding carboxylic acids is 1. The summed E-state index contributed by atoms with van der Waals surface area (Å²) >= 11 is 5.96. The van der Waals surface area contributed by atoms with Crippen LogP contribution in [0.2, 0.25) is 5.02 Å². The maximum absolute atomic E-state index is 12.4. The Morgan fingerprint density at radius 1 is 1.08 bits per heavy atom. The summed E-state index contributed by atoms with van der Waals surface area (Å²) in [5, 5.41) is 6.29. The molecule has 2 aromatic carbocycles. The summed E-state index contributed by atoms with van der Waals surface area (Å²) in [6, 6.07) is 14.5. The smallest absolute Gasteiger partial charge is 0.258 e. The standard InChI is InChI=1S/C18H15ClN4O2/c1-25-16-8-7-13(19)9-15(16)23-17(24)12-10-20-18(21-11-12)22-14-5-3-2-4-6-14/h2-11H,1H3,(H,23,24)(H,20,21,22). The van der Waals surface area contributed by atoms with E-state index in [9.17, 15) is 4.79 Å². The number of para-hydroxylation sites is 1. The Hall–Kier alpha value is -3.12. The molecule has 25 heavy (non-hydrogen) atoms. The van der Waals surface area contributed by atoms with E-state index in [1.54, 1.807) is 18.2 Å². The van der Waals surface area contributed by atoms with E-state index in [1.807, 2.05) is 30.3 Å². The monoisotopic (exact) mass is 354 g/mol. The van der Waals surface area contributed by atoms with Crippen molar-refractivity contribution in [3.8, 4) is 5.75 Å². The number of anilines is 3. The van der Waals surface area contributed by atoms with Gasteiger partial charge in [0.2, 0.25) is 5.95 Å². The Labute approximate surface area is 149 Å². The zero-order chi connectivity index (χ0) is 17.6. The first-order chi connectivity index (χ1) is 12.2. The van der Waals surface area contributed by atoms with Crippen LogP contribution in [0.15, 0.2) is 60.9 Å². The lowest BCUT2D eigenvalue weighted by atomic mass is 10.2. The minimum atomic E-state index is -0.355. The van der Waals surface area contributed by atoms with Crippen molar-refractivity contribution in [2.75, 3.05) is 17.7 Å². The second-order valence-corrected chi connectivity index (χ2v) is 5.52. The molecule has 0 atom stereocenters. The van der Waals surface area contributed by atoms with Crippen molar-refractivity contribution in [1.29, 1.82) is 0 Å². The van der Waals surface area contributed by atoms with Crippen molar-refractivity contribution in [2.45, 2.75) is 0 Å². The van der Waals surface area contributed by atoms with Crippen molar-refractivity contribution in [3.63, 3.8) is 0 Å². The van der Waals surface area contributed by atoms with Crippen molar-refractivity contribution in [1.82, 2.24) is 9.97 Å². The molecule has 0 spiro atoms. The van der Waals surface area contributed by atoms with Gasteiger partial charge < -0.3 is 15.4 Å². The van der Waals surface area contributed by atoms with Crippen LogP contribution in [0.5, 0.6) is 5.75 Å². The van der Waals surface area contributed by atoms with Gasteiger partial charge in [0.25, 0.3) is 5.91 Å². The van der Waals surface area contributed by atoms with Crippen LogP contribution in [0.1, 0.15) is 10.4 Å². The summed E-state index contributed by atoms with van der Waals surface area (Å²) in [5.41, 5.74) is 1.66. The van der Waals surface area contributed by atoms with Crippen LogP contribution >= 0.6 is 11.6 Å². The normalized spacial score (nSPS) is 10.2. The van der Waals surface area contributed by atoms with Gasteiger partial charge in [-0.2, -0.15) is 0 Å². The summed E-state index contributed by atoms with van der Waals surface area (Å²) in [5.74, 6) is 0.566. The molecule has 0 aliphatic rings. The second kappa shape index (κ2) is 7.63. The first-order valence-corrected chi connectivity index (χ1v) is 7.82. The molecule has 6 nitrogen and oxygen atoms in total. The van der Waals surface area contributed by atoms with E-state index in [0.717, 1.165) is 5.69 Å². The van der Waals surface area contributed by atoms with Crippen LogP contribution in [0.25, 0.3) is 0 Å². The molecule has 0 radical (unpaired) electrons.